The largest absolute Gasteiger partial charge is 0.382 e. The molecule has 2 heterocycles. The van der Waals surface area contributed by atoms with Crippen LogP contribution in [0.5, 0.6) is 0 Å². The summed E-state index contributed by atoms with van der Waals surface area (Å²) in [6.45, 7) is 6.05. The molecule has 1 aliphatic rings. The maximum Gasteiger partial charge on any atom is 0.101 e. The topological polar surface area (TPSA) is 52.0 Å². The van der Waals surface area contributed by atoms with Gasteiger partial charge in [-0.15, -0.1) is 11.3 Å². The van der Waals surface area contributed by atoms with Crippen LogP contribution in [0, 0.1) is 24.2 Å². The van der Waals surface area contributed by atoms with E-state index in [0.29, 0.717) is 16.5 Å². The normalized spacial score (nSPS) is 16.0. The van der Waals surface area contributed by atoms with Crippen LogP contribution in [0.4, 0.5) is 5.69 Å². The van der Waals surface area contributed by atoms with Crippen molar-refractivity contribution in [1.29, 1.82) is 5.26 Å². The fraction of sp³-hybridized carbons (Fsp3) is 0.444. The Labute approximate surface area is 152 Å². The zero-order valence-electron chi connectivity index (χ0n) is 13.8. The van der Waals surface area contributed by atoms with E-state index in [2.05, 4.69) is 33.6 Å². The minimum absolute atomic E-state index is 0.610. The molecule has 1 aromatic carbocycles. The van der Waals surface area contributed by atoms with Gasteiger partial charge in [-0.2, -0.15) is 5.26 Å². The Morgan fingerprint density at radius 3 is 2.88 bits per heavy atom. The van der Waals surface area contributed by atoms with Gasteiger partial charge >= 0.3 is 0 Å². The lowest BCUT2D eigenvalue weighted by Crippen LogP contribution is -2.35. The Balaban J connectivity index is 1.49. The highest BCUT2D eigenvalue weighted by atomic mass is 35.5. The highest BCUT2D eigenvalue weighted by molar-refractivity contribution is 7.09. The number of nitriles is 1. The number of aromatic nitrogens is 1. The van der Waals surface area contributed by atoms with Crippen molar-refractivity contribution in [3.63, 3.8) is 0 Å². The first-order chi connectivity index (χ1) is 11.7. The fourth-order valence-corrected chi connectivity index (χ4v) is 3.95. The molecule has 126 valence electrons. The van der Waals surface area contributed by atoms with E-state index in [0.717, 1.165) is 49.7 Å². The molecular weight excluding hydrogens is 340 g/mol. The first-order valence-electron chi connectivity index (χ1n) is 8.21. The molecule has 2 aromatic rings. The van der Waals surface area contributed by atoms with E-state index in [1.54, 1.807) is 17.4 Å². The molecule has 1 fully saturated rings. The lowest BCUT2D eigenvalue weighted by Gasteiger charge is -2.31. The molecule has 1 saturated heterocycles. The number of nitrogens with zero attached hydrogens (tertiary/aromatic N) is 3. The van der Waals surface area contributed by atoms with Crippen LogP contribution in [0.25, 0.3) is 0 Å². The molecular formula is C18H21ClN4S. The van der Waals surface area contributed by atoms with Crippen molar-refractivity contribution in [2.24, 2.45) is 5.92 Å². The quantitative estimate of drug-likeness (QED) is 0.863. The van der Waals surface area contributed by atoms with Crippen molar-refractivity contribution in [1.82, 2.24) is 9.88 Å². The van der Waals surface area contributed by atoms with Gasteiger partial charge in [0.05, 0.1) is 27.0 Å². The SMILES string of the molecule is Cc1nc(CN2CCC(CNc3c(Cl)cccc3C#N)CC2)cs1. The van der Waals surface area contributed by atoms with Crippen molar-refractivity contribution in [3.8, 4) is 6.07 Å². The first kappa shape index (κ1) is 17.2. The van der Waals surface area contributed by atoms with Gasteiger partial charge in [0.25, 0.3) is 0 Å². The zero-order chi connectivity index (χ0) is 16.9. The monoisotopic (exact) mass is 360 g/mol. The van der Waals surface area contributed by atoms with E-state index >= 15 is 0 Å². The van der Waals surface area contributed by atoms with Crippen LogP contribution in [0.15, 0.2) is 23.6 Å². The smallest absolute Gasteiger partial charge is 0.101 e. The summed E-state index contributed by atoms with van der Waals surface area (Å²) in [7, 11) is 0. The van der Waals surface area contributed by atoms with Gasteiger partial charge < -0.3 is 5.32 Å². The molecule has 0 saturated carbocycles. The second-order valence-corrected chi connectivity index (χ2v) is 7.70. The van der Waals surface area contributed by atoms with Crippen molar-refractivity contribution < 1.29 is 0 Å². The summed E-state index contributed by atoms with van der Waals surface area (Å²) in [5.41, 5.74) is 2.56. The number of aryl methyl sites for hydroxylation is 1. The molecule has 4 nitrogen and oxygen atoms in total. The summed E-state index contributed by atoms with van der Waals surface area (Å²) in [5, 5.41) is 16.5. The zero-order valence-corrected chi connectivity index (χ0v) is 15.3. The summed E-state index contributed by atoms with van der Waals surface area (Å²) in [5.74, 6) is 0.612. The van der Waals surface area contributed by atoms with Gasteiger partial charge in [0.2, 0.25) is 0 Å². The summed E-state index contributed by atoms with van der Waals surface area (Å²) in [6.07, 6.45) is 2.31. The van der Waals surface area contributed by atoms with Crippen molar-refractivity contribution >= 4 is 28.6 Å². The molecule has 0 unspecified atom stereocenters. The van der Waals surface area contributed by atoms with Crippen molar-refractivity contribution in [3.05, 3.63) is 44.9 Å². The van der Waals surface area contributed by atoms with Crippen LogP contribution in [-0.4, -0.2) is 29.5 Å². The Morgan fingerprint density at radius 1 is 1.42 bits per heavy atom. The van der Waals surface area contributed by atoms with Crippen molar-refractivity contribution in [2.45, 2.75) is 26.3 Å². The summed E-state index contributed by atoms with van der Waals surface area (Å²) < 4.78 is 0. The average molecular weight is 361 g/mol. The third-order valence-corrected chi connectivity index (χ3v) is 5.60. The molecule has 1 aromatic heterocycles. The first-order valence-corrected chi connectivity index (χ1v) is 9.47. The Hall–Kier alpha value is -1.61. The number of anilines is 1. The number of rotatable bonds is 5. The van der Waals surface area contributed by atoms with E-state index in [-0.39, 0.29) is 0 Å². The van der Waals surface area contributed by atoms with Gasteiger partial charge in [-0.1, -0.05) is 17.7 Å². The van der Waals surface area contributed by atoms with Crippen LogP contribution < -0.4 is 5.32 Å². The second-order valence-electron chi connectivity index (χ2n) is 6.23. The molecule has 24 heavy (non-hydrogen) atoms. The van der Waals surface area contributed by atoms with Gasteiger partial charge in [0, 0.05) is 18.5 Å². The van der Waals surface area contributed by atoms with Crippen LogP contribution in [0.1, 0.15) is 29.1 Å². The average Bonchev–Trinajstić information content (AvgIpc) is 3.00. The number of halogens is 1. The fourth-order valence-electron chi connectivity index (χ4n) is 3.10. The molecule has 0 spiro atoms. The van der Waals surface area contributed by atoms with E-state index in [4.69, 9.17) is 11.6 Å². The number of nitrogens with one attached hydrogen (secondary N) is 1. The maximum absolute atomic E-state index is 9.20. The Kier molecular flexibility index (Phi) is 5.72. The number of piperidine rings is 1. The predicted molar refractivity (Wildman–Crippen MR) is 99.5 cm³/mol. The summed E-state index contributed by atoms with van der Waals surface area (Å²) in [4.78, 5) is 7.02. The molecule has 3 rings (SSSR count). The lowest BCUT2D eigenvalue weighted by atomic mass is 9.96. The van der Waals surface area contributed by atoms with Gasteiger partial charge in [0.1, 0.15) is 6.07 Å². The molecule has 0 radical (unpaired) electrons. The predicted octanol–water partition coefficient (Wildman–Crippen LogP) is 4.30. The van der Waals surface area contributed by atoms with E-state index in [9.17, 15) is 5.26 Å². The van der Waals surface area contributed by atoms with Crippen LogP contribution in [-0.2, 0) is 6.54 Å². The summed E-state index contributed by atoms with van der Waals surface area (Å²) in [6, 6.07) is 7.63. The summed E-state index contributed by atoms with van der Waals surface area (Å²) >= 11 is 7.93. The van der Waals surface area contributed by atoms with Crippen LogP contribution in [0.3, 0.4) is 0 Å². The Bertz CT molecular complexity index is 729. The van der Waals surface area contributed by atoms with Gasteiger partial charge in [-0.3, -0.25) is 4.90 Å². The highest BCUT2D eigenvalue weighted by Gasteiger charge is 2.20. The van der Waals surface area contributed by atoms with E-state index < -0.39 is 0 Å². The molecule has 0 atom stereocenters. The maximum atomic E-state index is 9.20. The standard InChI is InChI=1S/C18H21ClN4S/c1-13-22-16(12-24-13)11-23-7-5-14(6-8-23)10-21-18-15(9-20)3-2-4-17(18)19/h2-4,12,14,21H,5-8,10-11H2,1H3. The molecule has 6 heteroatoms. The minimum atomic E-state index is 0.610. The Morgan fingerprint density at radius 2 is 2.21 bits per heavy atom. The third kappa shape index (κ3) is 4.27. The minimum Gasteiger partial charge on any atom is -0.382 e. The molecule has 0 aliphatic carbocycles. The number of thiazole rings is 1. The number of benzene rings is 1. The lowest BCUT2D eigenvalue weighted by molar-refractivity contribution is 0.181. The van der Waals surface area contributed by atoms with Gasteiger partial charge in [-0.05, 0) is 50.9 Å². The van der Waals surface area contributed by atoms with Gasteiger partial charge in [-0.25, -0.2) is 4.98 Å². The van der Waals surface area contributed by atoms with E-state index in [1.165, 1.54) is 5.69 Å². The van der Waals surface area contributed by atoms with E-state index in [1.807, 2.05) is 12.1 Å². The number of hydrogen-bond donors (Lipinski definition) is 1. The third-order valence-electron chi connectivity index (χ3n) is 4.46. The molecule has 0 amide bonds. The molecule has 1 N–H and O–H groups in total. The number of likely N-dealkylation sites (tertiary alicyclic amines) is 1. The van der Waals surface area contributed by atoms with Crippen molar-refractivity contribution in [2.75, 3.05) is 25.0 Å². The van der Waals surface area contributed by atoms with Crippen LogP contribution >= 0.6 is 22.9 Å². The second kappa shape index (κ2) is 7.98. The van der Waals surface area contributed by atoms with Gasteiger partial charge in [0.15, 0.2) is 0 Å². The molecule has 1 aliphatic heterocycles. The number of hydrogen-bond acceptors (Lipinski definition) is 5. The highest BCUT2D eigenvalue weighted by Crippen LogP contribution is 2.27. The van der Waals surface area contributed by atoms with Crippen LogP contribution in [0.2, 0.25) is 5.02 Å². The molecule has 0 bridgehead atoms. The number of para-hydroxylation sites is 1.